The molecule has 0 unspecified atom stereocenters. The number of hydrogen-bond donors (Lipinski definition) is 2. The van der Waals surface area contributed by atoms with Gasteiger partial charge in [0.1, 0.15) is 6.04 Å². The van der Waals surface area contributed by atoms with Gasteiger partial charge in [-0.15, -0.1) is 0 Å². The van der Waals surface area contributed by atoms with E-state index in [-0.39, 0.29) is 5.91 Å². The zero-order valence-electron chi connectivity index (χ0n) is 9.98. The maximum absolute atomic E-state index is 10.9. The quantitative estimate of drug-likeness (QED) is 0.737. The van der Waals surface area contributed by atoms with Gasteiger partial charge in [-0.05, 0) is 24.5 Å². The summed E-state index contributed by atoms with van der Waals surface area (Å²) in [7, 11) is 0. The number of hydrogen-bond acceptors (Lipinski definition) is 4. The number of nitrogens with one attached hydrogen (secondary N) is 1. The lowest BCUT2D eigenvalue weighted by Crippen LogP contribution is -2.41. The van der Waals surface area contributed by atoms with Crippen LogP contribution in [0.15, 0.2) is 0 Å². The van der Waals surface area contributed by atoms with Crippen LogP contribution in [0.3, 0.4) is 0 Å². The van der Waals surface area contributed by atoms with Crippen molar-refractivity contribution in [2.24, 2.45) is 5.92 Å². The highest BCUT2D eigenvalue weighted by Crippen LogP contribution is 2.20. The van der Waals surface area contributed by atoms with Crippen molar-refractivity contribution in [3.63, 3.8) is 0 Å². The van der Waals surface area contributed by atoms with E-state index >= 15 is 0 Å². The molecular weight excluding hydrogens is 242 g/mol. The lowest BCUT2D eigenvalue weighted by atomic mass is 10.0. The lowest BCUT2D eigenvalue weighted by molar-refractivity contribution is -0.140. The Morgan fingerprint density at radius 2 is 2.12 bits per heavy atom. The van der Waals surface area contributed by atoms with Gasteiger partial charge in [0, 0.05) is 25.9 Å². The molecule has 0 aromatic carbocycles. The van der Waals surface area contributed by atoms with Crippen LogP contribution >= 0.6 is 11.8 Å². The van der Waals surface area contributed by atoms with Crippen LogP contribution in [0.25, 0.3) is 0 Å². The zero-order chi connectivity index (χ0) is 12.7. The molecule has 0 aromatic rings. The Morgan fingerprint density at radius 1 is 1.47 bits per heavy atom. The van der Waals surface area contributed by atoms with Crippen molar-refractivity contribution in [1.29, 1.82) is 0 Å². The molecule has 2 N–H and O–H groups in total. The highest BCUT2D eigenvalue weighted by atomic mass is 32.2. The first kappa shape index (κ1) is 14.3. The number of carboxylic acids is 1. The minimum atomic E-state index is -0.973. The van der Waals surface area contributed by atoms with E-state index in [1.807, 2.05) is 0 Å². The molecule has 17 heavy (non-hydrogen) atoms. The minimum Gasteiger partial charge on any atom is -0.480 e. The topological polar surface area (TPSA) is 75.6 Å². The molecule has 0 radical (unpaired) electrons. The van der Waals surface area contributed by atoms with Crippen molar-refractivity contribution in [2.75, 3.05) is 24.7 Å². The van der Waals surface area contributed by atoms with Gasteiger partial charge in [-0.2, -0.15) is 11.8 Å². The summed E-state index contributed by atoms with van der Waals surface area (Å²) in [6.07, 6.45) is 2.09. The van der Waals surface area contributed by atoms with E-state index in [4.69, 9.17) is 9.84 Å². The third-order valence-electron chi connectivity index (χ3n) is 2.65. The molecule has 1 saturated heterocycles. The molecule has 0 aromatic heterocycles. The summed E-state index contributed by atoms with van der Waals surface area (Å²) in [5.41, 5.74) is 0. The number of carboxylic acid groups (broad SMARTS) is 1. The van der Waals surface area contributed by atoms with Gasteiger partial charge >= 0.3 is 5.97 Å². The Labute approximate surface area is 105 Å². The van der Waals surface area contributed by atoms with E-state index in [2.05, 4.69) is 5.32 Å². The predicted molar refractivity (Wildman–Crippen MR) is 66.1 cm³/mol. The standard InChI is InChI=1S/C11H19NO4S/c1-8(13)12-10(11(14)15)7-17-6-9-2-4-16-5-3-9/h9-10H,2-7H2,1H3,(H,12,13)(H,14,15)/t10-/m0/s1. The van der Waals surface area contributed by atoms with E-state index in [1.165, 1.54) is 6.92 Å². The van der Waals surface area contributed by atoms with E-state index in [0.717, 1.165) is 31.8 Å². The fourth-order valence-electron chi connectivity index (χ4n) is 1.69. The van der Waals surface area contributed by atoms with Crippen molar-refractivity contribution < 1.29 is 19.4 Å². The molecule has 1 rings (SSSR count). The van der Waals surface area contributed by atoms with E-state index in [9.17, 15) is 9.59 Å². The van der Waals surface area contributed by atoms with Gasteiger partial charge in [0.2, 0.25) is 5.91 Å². The molecule has 1 fully saturated rings. The molecule has 0 aliphatic carbocycles. The van der Waals surface area contributed by atoms with Crippen LogP contribution in [-0.4, -0.2) is 47.7 Å². The van der Waals surface area contributed by atoms with Crippen LogP contribution in [0.2, 0.25) is 0 Å². The average molecular weight is 261 g/mol. The third-order valence-corrected chi connectivity index (χ3v) is 3.93. The van der Waals surface area contributed by atoms with Gasteiger partial charge in [0.05, 0.1) is 0 Å². The highest BCUT2D eigenvalue weighted by Gasteiger charge is 2.20. The summed E-state index contributed by atoms with van der Waals surface area (Å²) in [6, 6.07) is -0.780. The summed E-state index contributed by atoms with van der Waals surface area (Å²) in [6.45, 7) is 2.94. The molecule has 98 valence electrons. The Bertz CT molecular complexity index is 266. The van der Waals surface area contributed by atoms with Crippen LogP contribution in [0.4, 0.5) is 0 Å². The first-order chi connectivity index (χ1) is 8.09. The summed E-state index contributed by atoms with van der Waals surface area (Å²) >= 11 is 1.59. The maximum atomic E-state index is 10.9. The van der Waals surface area contributed by atoms with Crippen LogP contribution in [0, 0.1) is 5.92 Å². The molecule has 1 aliphatic heterocycles. The molecule has 0 spiro atoms. The fraction of sp³-hybridized carbons (Fsp3) is 0.818. The van der Waals surface area contributed by atoms with Crippen LogP contribution < -0.4 is 5.32 Å². The SMILES string of the molecule is CC(=O)N[C@@H](CSCC1CCOCC1)C(=O)O. The van der Waals surface area contributed by atoms with Gasteiger partial charge in [0.15, 0.2) is 0 Å². The summed E-state index contributed by atoms with van der Waals surface area (Å²) in [5.74, 6) is 0.697. The fourth-order valence-corrected chi connectivity index (χ4v) is 2.95. The number of carbonyl (C=O) groups excluding carboxylic acids is 1. The number of thioether (sulfide) groups is 1. The summed E-state index contributed by atoms with van der Waals surface area (Å²) in [4.78, 5) is 21.7. The van der Waals surface area contributed by atoms with Crippen molar-refractivity contribution in [3.8, 4) is 0 Å². The van der Waals surface area contributed by atoms with Crippen molar-refractivity contribution in [1.82, 2.24) is 5.32 Å². The smallest absolute Gasteiger partial charge is 0.327 e. The molecule has 0 bridgehead atoms. The first-order valence-corrected chi connectivity index (χ1v) is 6.90. The molecule has 1 heterocycles. The maximum Gasteiger partial charge on any atom is 0.327 e. The second kappa shape index (κ2) is 7.55. The van der Waals surface area contributed by atoms with Crippen LogP contribution in [-0.2, 0) is 14.3 Å². The van der Waals surface area contributed by atoms with Gasteiger partial charge < -0.3 is 15.2 Å². The van der Waals surface area contributed by atoms with E-state index < -0.39 is 12.0 Å². The van der Waals surface area contributed by atoms with E-state index in [0.29, 0.717) is 11.7 Å². The largest absolute Gasteiger partial charge is 0.480 e. The molecule has 1 atom stereocenters. The van der Waals surface area contributed by atoms with Gasteiger partial charge in [-0.1, -0.05) is 0 Å². The van der Waals surface area contributed by atoms with Gasteiger partial charge in [-0.25, -0.2) is 4.79 Å². The zero-order valence-corrected chi connectivity index (χ0v) is 10.8. The average Bonchev–Trinajstić information content (AvgIpc) is 2.28. The molecular formula is C11H19NO4S. The Kier molecular flexibility index (Phi) is 6.36. The first-order valence-electron chi connectivity index (χ1n) is 5.75. The number of ether oxygens (including phenoxy) is 1. The van der Waals surface area contributed by atoms with Crippen LogP contribution in [0.5, 0.6) is 0 Å². The molecule has 1 aliphatic rings. The Hall–Kier alpha value is -0.750. The molecule has 1 amide bonds. The molecule has 0 saturated carbocycles. The van der Waals surface area contributed by atoms with Crippen molar-refractivity contribution in [2.45, 2.75) is 25.8 Å². The van der Waals surface area contributed by atoms with Gasteiger partial charge in [-0.3, -0.25) is 4.79 Å². The van der Waals surface area contributed by atoms with Crippen LogP contribution in [0.1, 0.15) is 19.8 Å². The third kappa shape index (κ3) is 5.93. The van der Waals surface area contributed by atoms with Crippen molar-refractivity contribution in [3.05, 3.63) is 0 Å². The Balaban J connectivity index is 2.21. The van der Waals surface area contributed by atoms with E-state index in [1.54, 1.807) is 11.8 Å². The van der Waals surface area contributed by atoms with Gasteiger partial charge in [0.25, 0.3) is 0 Å². The minimum absolute atomic E-state index is 0.302. The molecule has 6 heteroatoms. The summed E-state index contributed by atoms with van der Waals surface area (Å²) < 4.78 is 5.26. The second-order valence-corrected chi connectivity index (χ2v) is 5.26. The molecule has 5 nitrogen and oxygen atoms in total. The highest BCUT2D eigenvalue weighted by molar-refractivity contribution is 7.99. The monoisotopic (exact) mass is 261 g/mol. The number of rotatable bonds is 6. The second-order valence-electron chi connectivity index (χ2n) is 4.18. The summed E-state index contributed by atoms with van der Waals surface area (Å²) in [5, 5.41) is 11.3. The number of carbonyl (C=O) groups is 2. The Morgan fingerprint density at radius 3 is 2.65 bits per heavy atom. The lowest BCUT2D eigenvalue weighted by Gasteiger charge is -2.22. The number of amides is 1. The van der Waals surface area contributed by atoms with Crippen molar-refractivity contribution >= 4 is 23.6 Å². The number of aliphatic carboxylic acids is 1. The predicted octanol–water partition coefficient (Wildman–Crippen LogP) is 0.735. The normalized spacial score (nSPS) is 18.6.